The molecule has 5 heteroatoms. The zero-order valence-electron chi connectivity index (χ0n) is 11.0. The van der Waals surface area contributed by atoms with E-state index in [1.54, 1.807) is 0 Å². The van der Waals surface area contributed by atoms with Crippen molar-refractivity contribution in [2.75, 3.05) is 32.8 Å². The minimum atomic E-state index is -0.105. The van der Waals surface area contributed by atoms with Crippen molar-refractivity contribution in [1.29, 1.82) is 0 Å². The van der Waals surface area contributed by atoms with Crippen LogP contribution in [0.5, 0.6) is 0 Å². The minimum Gasteiger partial charge on any atom is -0.466 e. The summed E-state index contributed by atoms with van der Waals surface area (Å²) in [4.78, 5) is 25.7. The van der Waals surface area contributed by atoms with E-state index < -0.39 is 0 Å². The predicted molar refractivity (Wildman–Crippen MR) is 66.9 cm³/mol. The van der Waals surface area contributed by atoms with Gasteiger partial charge in [0.1, 0.15) is 0 Å². The van der Waals surface area contributed by atoms with E-state index in [-0.39, 0.29) is 23.7 Å². The zero-order valence-corrected chi connectivity index (χ0v) is 11.0. The molecule has 102 valence electrons. The highest BCUT2D eigenvalue weighted by molar-refractivity contribution is 5.80. The molecule has 18 heavy (non-hydrogen) atoms. The molecule has 0 bridgehead atoms. The van der Waals surface area contributed by atoms with Gasteiger partial charge in [-0.3, -0.25) is 9.59 Å². The SMILES string of the molecule is CCOC(=O)C1CCN(C(=O)C2CCNC2)CC1. The minimum absolute atomic E-state index is 0.0179. The highest BCUT2D eigenvalue weighted by atomic mass is 16.5. The molecule has 1 amide bonds. The van der Waals surface area contributed by atoms with Gasteiger partial charge in [-0.1, -0.05) is 0 Å². The van der Waals surface area contributed by atoms with Crippen LogP contribution in [0.3, 0.4) is 0 Å². The number of carbonyl (C=O) groups is 2. The van der Waals surface area contributed by atoms with E-state index in [0.29, 0.717) is 19.7 Å². The fraction of sp³-hybridized carbons (Fsp3) is 0.846. The number of piperidine rings is 1. The number of nitrogens with one attached hydrogen (secondary N) is 1. The van der Waals surface area contributed by atoms with Crippen molar-refractivity contribution in [2.45, 2.75) is 26.2 Å². The number of rotatable bonds is 3. The molecule has 1 N–H and O–H groups in total. The molecule has 2 aliphatic heterocycles. The Bertz CT molecular complexity index is 305. The Balaban J connectivity index is 1.79. The Kier molecular flexibility index (Phi) is 4.58. The van der Waals surface area contributed by atoms with Gasteiger partial charge in [0.05, 0.1) is 18.4 Å². The third-order valence-corrected chi connectivity index (χ3v) is 3.84. The van der Waals surface area contributed by atoms with Gasteiger partial charge in [0.2, 0.25) is 5.91 Å². The summed E-state index contributed by atoms with van der Waals surface area (Å²) in [5.74, 6) is 0.272. The third kappa shape index (κ3) is 3.02. The fourth-order valence-corrected chi connectivity index (χ4v) is 2.72. The highest BCUT2D eigenvalue weighted by Gasteiger charge is 2.32. The zero-order chi connectivity index (χ0) is 13.0. The van der Waals surface area contributed by atoms with Crippen molar-refractivity contribution in [3.05, 3.63) is 0 Å². The summed E-state index contributed by atoms with van der Waals surface area (Å²) in [6.07, 6.45) is 2.42. The largest absolute Gasteiger partial charge is 0.466 e. The van der Waals surface area contributed by atoms with Crippen LogP contribution >= 0.6 is 0 Å². The maximum atomic E-state index is 12.2. The van der Waals surface area contributed by atoms with E-state index in [4.69, 9.17) is 4.74 Å². The van der Waals surface area contributed by atoms with E-state index in [2.05, 4.69) is 5.32 Å². The molecule has 0 radical (unpaired) electrons. The Hall–Kier alpha value is -1.10. The molecule has 2 aliphatic rings. The van der Waals surface area contributed by atoms with E-state index in [0.717, 1.165) is 32.4 Å². The summed E-state index contributed by atoms with van der Waals surface area (Å²) < 4.78 is 5.02. The van der Waals surface area contributed by atoms with E-state index in [1.807, 2.05) is 11.8 Å². The lowest BCUT2D eigenvalue weighted by Crippen LogP contribution is -2.43. The summed E-state index contributed by atoms with van der Waals surface area (Å²) in [5, 5.41) is 3.21. The Morgan fingerprint density at radius 2 is 1.94 bits per heavy atom. The molecule has 2 fully saturated rings. The van der Waals surface area contributed by atoms with Gasteiger partial charge in [-0.25, -0.2) is 0 Å². The Labute approximate surface area is 108 Å². The smallest absolute Gasteiger partial charge is 0.309 e. The lowest BCUT2D eigenvalue weighted by molar-refractivity contribution is -0.151. The van der Waals surface area contributed by atoms with Crippen molar-refractivity contribution in [1.82, 2.24) is 10.2 Å². The Morgan fingerprint density at radius 1 is 1.22 bits per heavy atom. The number of nitrogens with zero attached hydrogens (tertiary/aromatic N) is 1. The van der Waals surface area contributed by atoms with Crippen LogP contribution in [0.4, 0.5) is 0 Å². The number of hydrogen-bond acceptors (Lipinski definition) is 4. The number of likely N-dealkylation sites (tertiary alicyclic amines) is 1. The molecule has 5 nitrogen and oxygen atoms in total. The lowest BCUT2D eigenvalue weighted by atomic mass is 9.95. The van der Waals surface area contributed by atoms with Crippen LogP contribution in [-0.4, -0.2) is 49.6 Å². The fourth-order valence-electron chi connectivity index (χ4n) is 2.72. The van der Waals surface area contributed by atoms with Crippen molar-refractivity contribution >= 4 is 11.9 Å². The van der Waals surface area contributed by atoms with Crippen LogP contribution in [0, 0.1) is 11.8 Å². The van der Waals surface area contributed by atoms with Gasteiger partial charge in [0.25, 0.3) is 0 Å². The first kappa shape index (κ1) is 13.3. The summed E-state index contributed by atoms with van der Waals surface area (Å²) in [7, 11) is 0. The molecule has 2 rings (SSSR count). The molecule has 0 aromatic rings. The molecule has 0 spiro atoms. The molecule has 2 heterocycles. The lowest BCUT2D eigenvalue weighted by Gasteiger charge is -2.32. The van der Waals surface area contributed by atoms with Gasteiger partial charge in [-0.05, 0) is 32.7 Å². The number of esters is 1. The third-order valence-electron chi connectivity index (χ3n) is 3.84. The van der Waals surface area contributed by atoms with Gasteiger partial charge >= 0.3 is 5.97 Å². The molecular formula is C13H22N2O3. The van der Waals surface area contributed by atoms with Crippen molar-refractivity contribution in [2.24, 2.45) is 11.8 Å². The van der Waals surface area contributed by atoms with E-state index >= 15 is 0 Å². The maximum Gasteiger partial charge on any atom is 0.309 e. The van der Waals surface area contributed by atoms with Crippen molar-refractivity contribution in [3.8, 4) is 0 Å². The molecule has 0 aromatic carbocycles. The topological polar surface area (TPSA) is 58.6 Å². The maximum absolute atomic E-state index is 12.2. The van der Waals surface area contributed by atoms with Crippen LogP contribution in [0.15, 0.2) is 0 Å². The van der Waals surface area contributed by atoms with E-state index in [1.165, 1.54) is 0 Å². The van der Waals surface area contributed by atoms with Crippen molar-refractivity contribution in [3.63, 3.8) is 0 Å². The van der Waals surface area contributed by atoms with Gasteiger partial charge in [0, 0.05) is 19.6 Å². The van der Waals surface area contributed by atoms with Gasteiger partial charge in [-0.15, -0.1) is 0 Å². The number of hydrogen-bond donors (Lipinski definition) is 1. The molecule has 0 aromatic heterocycles. The second-order valence-corrected chi connectivity index (χ2v) is 5.04. The Morgan fingerprint density at radius 3 is 2.50 bits per heavy atom. The molecule has 1 unspecified atom stereocenters. The average molecular weight is 254 g/mol. The first-order valence-corrected chi connectivity index (χ1v) is 6.88. The molecule has 2 saturated heterocycles. The van der Waals surface area contributed by atoms with Crippen LogP contribution in [0.2, 0.25) is 0 Å². The van der Waals surface area contributed by atoms with Crippen LogP contribution in [-0.2, 0) is 14.3 Å². The van der Waals surface area contributed by atoms with Gasteiger partial charge in [0.15, 0.2) is 0 Å². The highest BCUT2D eigenvalue weighted by Crippen LogP contribution is 2.21. The standard InChI is InChI=1S/C13H22N2O3/c1-2-18-13(17)10-4-7-15(8-5-10)12(16)11-3-6-14-9-11/h10-11,14H,2-9H2,1H3. The first-order valence-electron chi connectivity index (χ1n) is 6.88. The molecule has 0 saturated carbocycles. The summed E-state index contributed by atoms with van der Waals surface area (Å²) in [6, 6.07) is 0. The first-order chi connectivity index (χ1) is 8.72. The van der Waals surface area contributed by atoms with Gasteiger partial charge < -0.3 is 15.0 Å². The van der Waals surface area contributed by atoms with Crippen LogP contribution in [0.1, 0.15) is 26.2 Å². The second kappa shape index (κ2) is 6.18. The molecule has 1 atom stereocenters. The normalized spacial score (nSPS) is 25.2. The van der Waals surface area contributed by atoms with Crippen molar-refractivity contribution < 1.29 is 14.3 Å². The number of amides is 1. The van der Waals surface area contributed by atoms with Gasteiger partial charge in [-0.2, -0.15) is 0 Å². The van der Waals surface area contributed by atoms with E-state index in [9.17, 15) is 9.59 Å². The number of carbonyl (C=O) groups excluding carboxylic acids is 2. The monoisotopic (exact) mass is 254 g/mol. The second-order valence-electron chi connectivity index (χ2n) is 5.04. The number of ether oxygens (including phenoxy) is 1. The quantitative estimate of drug-likeness (QED) is 0.741. The molecule has 0 aliphatic carbocycles. The average Bonchev–Trinajstić information content (AvgIpc) is 2.92. The summed E-state index contributed by atoms with van der Waals surface area (Å²) >= 11 is 0. The molecular weight excluding hydrogens is 232 g/mol. The predicted octanol–water partition coefficient (Wildman–Crippen LogP) is 0.398. The van der Waals surface area contributed by atoms with Crippen LogP contribution in [0.25, 0.3) is 0 Å². The summed E-state index contributed by atoms with van der Waals surface area (Å²) in [6.45, 7) is 5.39. The van der Waals surface area contributed by atoms with Crippen LogP contribution < -0.4 is 5.32 Å². The summed E-state index contributed by atoms with van der Waals surface area (Å²) in [5.41, 5.74) is 0.